The van der Waals surface area contributed by atoms with Gasteiger partial charge in [0.05, 0.1) is 6.61 Å². The molecule has 0 aromatic heterocycles. The summed E-state index contributed by atoms with van der Waals surface area (Å²) < 4.78 is 56.9. The lowest BCUT2D eigenvalue weighted by Crippen LogP contribution is -2.35. The van der Waals surface area contributed by atoms with Crippen LogP contribution in [-0.2, 0) is 17.4 Å². The fraction of sp³-hybridized carbons (Fsp3) is 0.294. The number of hydrogen-bond donors (Lipinski definition) is 2. The van der Waals surface area contributed by atoms with E-state index in [2.05, 4.69) is 0 Å². The van der Waals surface area contributed by atoms with Crippen molar-refractivity contribution in [3.05, 3.63) is 71.3 Å². The van der Waals surface area contributed by atoms with Crippen molar-refractivity contribution >= 4 is 0 Å². The van der Waals surface area contributed by atoms with E-state index in [0.717, 1.165) is 36.4 Å². The maximum atomic E-state index is 14.3. The molecule has 0 radical (unpaired) electrons. The van der Waals surface area contributed by atoms with E-state index in [9.17, 15) is 22.7 Å². The number of aliphatic hydroxyl groups excluding tert-OH is 1. The Morgan fingerprint density at radius 3 is 1.57 bits per heavy atom. The lowest BCUT2D eigenvalue weighted by molar-refractivity contribution is -0.223. The zero-order valence-corrected chi connectivity index (χ0v) is 12.3. The number of alkyl halides is 4. The van der Waals surface area contributed by atoms with Crippen molar-refractivity contribution in [3.8, 4) is 0 Å². The van der Waals surface area contributed by atoms with Crippen LogP contribution in [-0.4, -0.2) is 16.8 Å². The molecular formula is C17H16F4O2. The molecule has 2 rings (SSSR count). The van der Waals surface area contributed by atoms with Crippen LogP contribution in [0.3, 0.4) is 0 Å². The Morgan fingerprint density at radius 2 is 1.13 bits per heavy atom. The molecule has 23 heavy (non-hydrogen) atoms. The molecule has 2 aromatic rings. The molecule has 1 unspecified atom stereocenters. The van der Waals surface area contributed by atoms with E-state index in [-0.39, 0.29) is 5.56 Å². The van der Waals surface area contributed by atoms with E-state index in [4.69, 9.17) is 5.11 Å². The Labute approximate surface area is 131 Å². The maximum absolute atomic E-state index is 14.3. The molecule has 2 aromatic carbocycles. The molecule has 0 aliphatic rings. The molecule has 124 valence electrons. The highest BCUT2D eigenvalue weighted by molar-refractivity contribution is 5.33. The molecule has 0 aliphatic heterocycles. The summed E-state index contributed by atoms with van der Waals surface area (Å²) in [4.78, 5) is 0. The Kier molecular flexibility index (Phi) is 4.50. The molecule has 6 heteroatoms. The zero-order valence-electron chi connectivity index (χ0n) is 12.3. The van der Waals surface area contributed by atoms with Gasteiger partial charge in [-0.15, -0.1) is 0 Å². The first-order valence-corrected chi connectivity index (χ1v) is 6.88. The highest BCUT2D eigenvalue weighted by Crippen LogP contribution is 2.49. The summed E-state index contributed by atoms with van der Waals surface area (Å²) in [5.74, 6) is -8.80. The molecule has 0 heterocycles. The molecule has 0 saturated carbocycles. The average Bonchev–Trinajstić information content (AvgIpc) is 2.55. The summed E-state index contributed by atoms with van der Waals surface area (Å²) in [6.45, 7) is 0.668. The molecule has 0 bridgehead atoms. The standard InChI is InChI=1S/C17H16F4O2/c1-15(23,11-22)12-7-9-14(10-8-12)17(20,21)16(18,19)13-5-3-2-4-6-13/h2-10,22-23H,11H2,1H3. The van der Waals surface area contributed by atoms with Crippen molar-refractivity contribution in [1.29, 1.82) is 0 Å². The lowest BCUT2D eigenvalue weighted by Gasteiger charge is -2.28. The van der Waals surface area contributed by atoms with Crippen LogP contribution in [0.25, 0.3) is 0 Å². The second-order valence-corrected chi connectivity index (χ2v) is 5.52. The Bertz CT molecular complexity index is 652. The summed E-state index contributed by atoms with van der Waals surface area (Å²) in [6.07, 6.45) is 0. The monoisotopic (exact) mass is 328 g/mol. The third kappa shape index (κ3) is 3.09. The van der Waals surface area contributed by atoms with Gasteiger partial charge >= 0.3 is 11.8 Å². The van der Waals surface area contributed by atoms with Crippen molar-refractivity contribution in [2.24, 2.45) is 0 Å². The molecule has 0 saturated heterocycles. The third-order valence-corrected chi connectivity index (χ3v) is 3.71. The zero-order chi connectivity index (χ0) is 17.3. The van der Waals surface area contributed by atoms with Gasteiger partial charge in [-0.1, -0.05) is 54.6 Å². The SMILES string of the molecule is CC(O)(CO)c1ccc(C(F)(F)C(F)(F)c2ccccc2)cc1. The van der Waals surface area contributed by atoms with Gasteiger partial charge in [0.1, 0.15) is 5.60 Å². The normalized spacial score (nSPS) is 15.3. The fourth-order valence-electron chi connectivity index (χ4n) is 2.14. The summed E-state index contributed by atoms with van der Waals surface area (Å²) in [5.41, 5.74) is -3.13. The Balaban J connectivity index is 2.40. The number of aliphatic hydroxyl groups is 2. The predicted molar refractivity (Wildman–Crippen MR) is 77.3 cm³/mol. The first kappa shape index (κ1) is 17.4. The minimum absolute atomic E-state index is 0.155. The summed E-state index contributed by atoms with van der Waals surface area (Å²) in [7, 11) is 0. The first-order valence-electron chi connectivity index (χ1n) is 6.88. The van der Waals surface area contributed by atoms with Gasteiger partial charge in [-0.2, -0.15) is 17.6 Å². The third-order valence-electron chi connectivity index (χ3n) is 3.71. The molecule has 0 fully saturated rings. The van der Waals surface area contributed by atoms with Gasteiger partial charge in [0.15, 0.2) is 0 Å². The Morgan fingerprint density at radius 1 is 0.739 bits per heavy atom. The number of benzene rings is 2. The van der Waals surface area contributed by atoms with Gasteiger partial charge < -0.3 is 10.2 Å². The van der Waals surface area contributed by atoms with Crippen LogP contribution in [0.2, 0.25) is 0 Å². The number of rotatable bonds is 5. The van der Waals surface area contributed by atoms with Crippen LogP contribution >= 0.6 is 0 Å². The van der Waals surface area contributed by atoms with Crippen LogP contribution in [0.5, 0.6) is 0 Å². The Hall–Kier alpha value is -1.92. The predicted octanol–water partition coefficient (Wildman–Crippen LogP) is 3.77. The number of halogens is 4. The van der Waals surface area contributed by atoms with Crippen LogP contribution in [0.15, 0.2) is 54.6 Å². The van der Waals surface area contributed by atoms with E-state index in [1.165, 1.54) is 25.1 Å². The van der Waals surface area contributed by atoms with E-state index < -0.39 is 35.2 Å². The van der Waals surface area contributed by atoms with E-state index in [1.807, 2.05) is 0 Å². The quantitative estimate of drug-likeness (QED) is 0.820. The second kappa shape index (κ2) is 5.94. The van der Waals surface area contributed by atoms with Gasteiger partial charge in [-0.05, 0) is 12.5 Å². The van der Waals surface area contributed by atoms with Gasteiger partial charge in [-0.3, -0.25) is 0 Å². The highest BCUT2D eigenvalue weighted by atomic mass is 19.3. The maximum Gasteiger partial charge on any atom is 0.339 e. The minimum atomic E-state index is -4.42. The van der Waals surface area contributed by atoms with E-state index >= 15 is 0 Å². The molecule has 2 nitrogen and oxygen atoms in total. The molecule has 0 spiro atoms. The molecule has 0 amide bonds. The minimum Gasteiger partial charge on any atom is -0.393 e. The molecular weight excluding hydrogens is 312 g/mol. The first-order chi connectivity index (χ1) is 10.6. The van der Waals surface area contributed by atoms with Crippen molar-refractivity contribution in [2.45, 2.75) is 24.4 Å². The van der Waals surface area contributed by atoms with Crippen molar-refractivity contribution < 1.29 is 27.8 Å². The van der Waals surface area contributed by atoms with E-state index in [0.29, 0.717) is 0 Å². The fourth-order valence-corrected chi connectivity index (χ4v) is 2.14. The summed E-state index contributed by atoms with van der Waals surface area (Å²) in [6, 6.07) is 9.73. The van der Waals surface area contributed by atoms with Gasteiger partial charge in [-0.25, -0.2) is 0 Å². The topological polar surface area (TPSA) is 40.5 Å². The largest absolute Gasteiger partial charge is 0.393 e. The molecule has 1 atom stereocenters. The molecule has 2 N–H and O–H groups in total. The summed E-state index contributed by atoms with van der Waals surface area (Å²) in [5, 5.41) is 18.9. The highest BCUT2D eigenvalue weighted by Gasteiger charge is 2.58. The van der Waals surface area contributed by atoms with Crippen molar-refractivity contribution in [1.82, 2.24) is 0 Å². The van der Waals surface area contributed by atoms with Gasteiger partial charge in [0, 0.05) is 11.1 Å². The van der Waals surface area contributed by atoms with Crippen LogP contribution < -0.4 is 0 Å². The van der Waals surface area contributed by atoms with Crippen molar-refractivity contribution in [3.63, 3.8) is 0 Å². The van der Waals surface area contributed by atoms with Gasteiger partial charge in [0.25, 0.3) is 0 Å². The van der Waals surface area contributed by atoms with Gasteiger partial charge in [0.2, 0.25) is 0 Å². The van der Waals surface area contributed by atoms with Crippen LogP contribution in [0.4, 0.5) is 17.6 Å². The molecule has 0 aliphatic carbocycles. The summed E-state index contributed by atoms with van der Waals surface area (Å²) >= 11 is 0. The van der Waals surface area contributed by atoms with Crippen molar-refractivity contribution in [2.75, 3.05) is 6.61 Å². The lowest BCUT2D eigenvalue weighted by atomic mass is 9.92. The van der Waals surface area contributed by atoms with Crippen LogP contribution in [0.1, 0.15) is 23.6 Å². The smallest absolute Gasteiger partial charge is 0.339 e. The van der Waals surface area contributed by atoms with Crippen LogP contribution in [0, 0.1) is 0 Å². The number of hydrogen-bond acceptors (Lipinski definition) is 2. The van der Waals surface area contributed by atoms with E-state index in [1.54, 1.807) is 0 Å². The average molecular weight is 328 g/mol. The second-order valence-electron chi connectivity index (χ2n) is 5.52.